The standard InChI is InChI=1S/C12H19OP/c1-4-10-7-11(5-2)9-12(8-10)14-13-6-3/h7-9,14H,4-6H2,1-3H3. The van der Waals surface area contributed by atoms with E-state index in [0.29, 0.717) is 8.81 Å². The van der Waals surface area contributed by atoms with Crippen LogP contribution in [0.25, 0.3) is 0 Å². The van der Waals surface area contributed by atoms with Crippen LogP contribution in [-0.2, 0) is 17.4 Å². The lowest BCUT2D eigenvalue weighted by Gasteiger charge is -2.07. The monoisotopic (exact) mass is 210 g/mol. The van der Waals surface area contributed by atoms with Crippen molar-refractivity contribution in [2.75, 3.05) is 6.61 Å². The Labute approximate surface area is 88.7 Å². The molecule has 0 aliphatic rings. The Morgan fingerprint density at radius 2 is 1.57 bits per heavy atom. The molecule has 0 radical (unpaired) electrons. The molecule has 0 aliphatic carbocycles. The van der Waals surface area contributed by atoms with Gasteiger partial charge in [0, 0.05) is 15.4 Å². The summed E-state index contributed by atoms with van der Waals surface area (Å²) in [6.07, 6.45) is 2.22. The summed E-state index contributed by atoms with van der Waals surface area (Å²) in [6.45, 7) is 7.23. The lowest BCUT2D eigenvalue weighted by Crippen LogP contribution is -2.00. The Bertz CT molecular complexity index is 261. The maximum absolute atomic E-state index is 5.45. The first-order valence-electron chi connectivity index (χ1n) is 5.30. The molecule has 78 valence electrons. The number of hydrogen-bond acceptors (Lipinski definition) is 1. The fourth-order valence-electron chi connectivity index (χ4n) is 1.39. The second-order valence-corrected chi connectivity index (χ2v) is 4.35. The Morgan fingerprint density at radius 3 is 2.00 bits per heavy atom. The van der Waals surface area contributed by atoms with Crippen LogP contribution in [0.15, 0.2) is 18.2 Å². The Morgan fingerprint density at radius 1 is 1.00 bits per heavy atom. The zero-order valence-corrected chi connectivity index (χ0v) is 10.3. The highest BCUT2D eigenvalue weighted by Crippen LogP contribution is 2.15. The van der Waals surface area contributed by atoms with Gasteiger partial charge in [0.15, 0.2) is 0 Å². The molecule has 1 aromatic carbocycles. The van der Waals surface area contributed by atoms with E-state index in [1.165, 1.54) is 16.4 Å². The van der Waals surface area contributed by atoms with E-state index >= 15 is 0 Å². The van der Waals surface area contributed by atoms with E-state index in [9.17, 15) is 0 Å². The quantitative estimate of drug-likeness (QED) is 0.679. The molecule has 1 nitrogen and oxygen atoms in total. The maximum Gasteiger partial charge on any atom is 0.0481 e. The van der Waals surface area contributed by atoms with E-state index in [1.807, 2.05) is 6.92 Å². The predicted octanol–water partition coefficient (Wildman–Crippen LogP) is 3.07. The van der Waals surface area contributed by atoms with Crippen molar-refractivity contribution in [3.63, 3.8) is 0 Å². The maximum atomic E-state index is 5.45. The van der Waals surface area contributed by atoms with E-state index in [1.54, 1.807) is 0 Å². The van der Waals surface area contributed by atoms with Gasteiger partial charge in [-0.3, -0.25) is 0 Å². The summed E-state index contributed by atoms with van der Waals surface area (Å²) in [7, 11) is 0.503. The van der Waals surface area contributed by atoms with Gasteiger partial charge in [-0.2, -0.15) is 0 Å². The Hall–Kier alpha value is -0.390. The number of benzene rings is 1. The highest BCUT2D eigenvalue weighted by molar-refractivity contribution is 7.41. The molecule has 0 N–H and O–H groups in total. The minimum atomic E-state index is 0.503. The smallest absolute Gasteiger partial charge is 0.0481 e. The van der Waals surface area contributed by atoms with Gasteiger partial charge in [-0.05, 0) is 48.3 Å². The number of hydrogen-bond donors (Lipinski definition) is 0. The van der Waals surface area contributed by atoms with Crippen LogP contribution in [-0.4, -0.2) is 6.61 Å². The van der Waals surface area contributed by atoms with Gasteiger partial charge in [0.25, 0.3) is 0 Å². The van der Waals surface area contributed by atoms with Gasteiger partial charge in [-0.25, -0.2) is 0 Å². The molecule has 0 aromatic heterocycles. The molecular formula is C12H19OP. The third-order valence-electron chi connectivity index (χ3n) is 2.20. The second kappa shape index (κ2) is 6.16. The SMILES string of the molecule is CCOPc1cc(CC)cc(CC)c1. The van der Waals surface area contributed by atoms with Gasteiger partial charge in [-0.1, -0.05) is 19.9 Å². The molecule has 0 heterocycles. The lowest BCUT2D eigenvalue weighted by molar-refractivity contribution is 0.394. The van der Waals surface area contributed by atoms with Crippen molar-refractivity contribution in [2.24, 2.45) is 0 Å². The Kier molecular flexibility index (Phi) is 5.14. The van der Waals surface area contributed by atoms with Crippen molar-refractivity contribution < 1.29 is 4.52 Å². The third kappa shape index (κ3) is 3.40. The topological polar surface area (TPSA) is 9.23 Å². The second-order valence-electron chi connectivity index (χ2n) is 3.28. The number of rotatable bonds is 5. The van der Waals surface area contributed by atoms with E-state index in [2.05, 4.69) is 32.0 Å². The predicted molar refractivity (Wildman–Crippen MR) is 64.8 cm³/mol. The van der Waals surface area contributed by atoms with Gasteiger partial charge >= 0.3 is 0 Å². The van der Waals surface area contributed by atoms with Gasteiger partial charge in [0.2, 0.25) is 0 Å². The summed E-state index contributed by atoms with van der Waals surface area (Å²) >= 11 is 0. The fourth-order valence-corrected chi connectivity index (χ4v) is 2.18. The van der Waals surface area contributed by atoms with Gasteiger partial charge in [0.1, 0.15) is 0 Å². The largest absolute Gasteiger partial charge is 0.358 e. The molecule has 14 heavy (non-hydrogen) atoms. The molecule has 1 unspecified atom stereocenters. The normalized spacial score (nSPS) is 11.4. The molecule has 2 heteroatoms. The highest BCUT2D eigenvalue weighted by atomic mass is 31.1. The van der Waals surface area contributed by atoms with Crippen LogP contribution in [0.2, 0.25) is 0 Å². The number of aryl methyl sites for hydroxylation is 2. The molecule has 0 bridgehead atoms. The van der Waals surface area contributed by atoms with Crippen LogP contribution in [0.3, 0.4) is 0 Å². The summed E-state index contributed by atoms with van der Waals surface area (Å²) in [5.41, 5.74) is 2.85. The molecule has 1 rings (SSSR count). The molecule has 0 spiro atoms. The first kappa shape index (κ1) is 11.7. The molecule has 1 aromatic rings. The molecule has 1 atom stereocenters. The minimum Gasteiger partial charge on any atom is -0.358 e. The summed E-state index contributed by atoms with van der Waals surface area (Å²) in [5.74, 6) is 0. The molecule has 0 fully saturated rings. The van der Waals surface area contributed by atoms with E-state index < -0.39 is 0 Å². The van der Waals surface area contributed by atoms with E-state index in [4.69, 9.17) is 4.52 Å². The fraction of sp³-hybridized carbons (Fsp3) is 0.500. The minimum absolute atomic E-state index is 0.503. The first-order valence-corrected chi connectivity index (χ1v) is 6.21. The third-order valence-corrected chi connectivity index (χ3v) is 3.16. The average Bonchev–Trinajstić information content (AvgIpc) is 2.25. The first-order chi connectivity index (χ1) is 6.80. The summed E-state index contributed by atoms with van der Waals surface area (Å²) in [4.78, 5) is 0. The van der Waals surface area contributed by atoms with Crippen molar-refractivity contribution in [3.8, 4) is 0 Å². The molecule has 0 saturated heterocycles. The van der Waals surface area contributed by atoms with Crippen molar-refractivity contribution in [2.45, 2.75) is 33.6 Å². The highest BCUT2D eigenvalue weighted by Gasteiger charge is 1.99. The molecule has 0 aliphatic heterocycles. The average molecular weight is 210 g/mol. The van der Waals surface area contributed by atoms with Gasteiger partial charge in [0.05, 0.1) is 0 Å². The molecular weight excluding hydrogens is 191 g/mol. The Balaban J connectivity index is 2.81. The van der Waals surface area contributed by atoms with E-state index in [0.717, 1.165) is 19.4 Å². The molecule has 0 saturated carbocycles. The van der Waals surface area contributed by atoms with Crippen molar-refractivity contribution in [1.29, 1.82) is 0 Å². The lowest BCUT2D eigenvalue weighted by atomic mass is 10.1. The summed E-state index contributed by atoms with van der Waals surface area (Å²) in [6, 6.07) is 6.81. The van der Waals surface area contributed by atoms with Crippen LogP contribution in [0.1, 0.15) is 31.9 Å². The van der Waals surface area contributed by atoms with Crippen LogP contribution in [0, 0.1) is 0 Å². The molecule has 0 amide bonds. The zero-order valence-electron chi connectivity index (χ0n) is 9.26. The summed E-state index contributed by atoms with van der Waals surface area (Å²) in [5, 5.41) is 1.34. The van der Waals surface area contributed by atoms with Crippen molar-refractivity contribution in [1.82, 2.24) is 0 Å². The van der Waals surface area contributed by atoms with Crippen LogP contribution < -0.4 is 5.30 Å². The van der Waals surface area contributed by atoms with Gasteiger partial charge < -0.3 is 4.52 Å². The van der Waals surface area contributed by atoms with Gasteiger partial charge in [-0.15, -0.1) is 0 Å². The van der Waals surface area contributed by atoms with Crippen LogP contribution in [0.5, 0.6) is 0 Å². The zero-order chi connectivity index (χ0) is 10.4. The van der Waals surface area contributed by atoms with Crippen LogP contribution >= 0.6 is 8.81 Å². The summed E-state index contributed by atoms with van der Waals surface area (Å²) < 4.78 is 5.45. The van der Waals surface area contributed by atoms with E-state index in [-0.39, 0.29) is 0 Å². The van der Waals surface area contributed by atoms with Crippen molar-refractivity contribution >= 4 is 14.1 Å². The van der Waals surface area contributed by atoms with Crippen molar-refractivity contribution in [3.05, 3.63) is 29.3 Å². The van der Waals surface area contributed by atoms with Crippen LogP contribution in [0.4, 0.5) is 0 Å².